The second kappa shape index (κ2) is 11.0. The van der Waals surface area contributed by atoms with E-state index in [-0.39, 0.29) is 5.75 Å². The fourth-order valence-corrected chi connectivity index (χ4v) is 4.69. The summed E-state index contributed by atoms with van der Waals surface area (Å²) >= 11 is 7.66. The van der Waals surface area contributed by atoms with Crippen LogP contribution in [0.15, 0.2) is 71.8 Å². The van der Waals surface area contributed by atoms with Gasteiger partial charge in [-0.15, -0.1) is 11.3 Å². The molecule has 0 radical (unpaired) electrons. The van der Waals surface area contributed by atoms with Gasteiger partial charge in [0.25, 0.3) is 5.91 Å². The molecule has 35 heavy (non-hydrogen) atoms. The zero-order valence-corrected chi connectivity index (χ0v) is 20.5. The first-order valence-corrected chi connectivity index (χ1v) is 11.8. The number of fused-ring (bicyclic) bond motifs is 1. The van der Waals surface area contributed by atoms with Crippen molar-refractivity contribution in [1.82, 2.24) is 5.43 Å². The normalized spacial score (nSPS) is 10.9. The number of amides is 1. The van der Waals surface area contributed by atoms with Crippen LogP contribution in [0.5, 0.6) is 17.2 Å². The van der Waals surface area contributed by atoms with Crippen molar-refractivity contribution in [3.8, 4) is 17.2 Å². The van der Waals surface area contributed by atoms with Crippen LogP contribution in [0.3, 0.4) is 0 Å². The minimum atomic E-state index is -0.573. The van der Waals surface area contributed by atoms with Gasteiger partial charge in [-0.05, 0) is 48.9 Å². The summed E-state index contributed by atoms with van der Waals surface area (Å²) in [5.41, 5.74) is 3.49. The molecular weight excluding hydrogens is 488 g/mol. The molecule has 0 saturated carbocycles. The van der Waals surface area contributed by atoms with Crippen LogP contribution in [0.2, 0.25) is 5.02 Å². The zero-order valence-electron chi connectivity index (χ0n) is 18.9. The SMILES string of the molecule is CCOc1ccccc1C(=O)NN=Cc1ccc(OC(=O)c2sc3ccccc3c2Cl)c(OC)c1. The maximum Gasteiger partial charge on any atom is 0.355 e. The number of benzene rings is 3. The minimum Gasteiger partial charge on any atom is -0.493 e. The van der Waals surface area contributed by atoms with E-state index in [1.54, 1.807) is 42.5 Å². The van der Waals surface area contributed by atoms with Gasteiger partial charge in [0, 0.05) is 10.1 Å². The summed E-state index contributed by atoms with van der Waals surface area (Å²) in [7, 11) is 1.46. The molecule has 1 N–H and O–H groups in total. The highest BCUT2D eigenvalue weighted by Crippen LogP contribution is 2.37. The van der Waals surface area contributed by atoms with Crippen LogP contribution in [-0.2, 0) is 0 Å². The Morgan fingerprint density at radius 2 is 1.80 bits per heavy atom. The Labute approximate surface area is 210 Å². The van der Waals surface area contributed by atoms with Gasteiger partial charge in [-0.3, -0.25) is 4.79 Å². The average molecular weight is 509 g/mol. The van der Waals surface area contributed by atoms with Crippen molar-refractivity contribution in [2.24, 2.45) is 5.10 Å². The Balaban J connectivity index is 1.46. The van der Waals surface area contributed by atoms with Gasteiger partial charge in [-0.25, -0.2) is 10.2 Å². The van der Waals surface area contributed by atoms with Crippen molar-refractivity contribution >= 4 is 51.1 Å². The summed E-state index contributed by atoms with van der Waals surface area (Å²) in [5.74, 6) is 0.0684. The lowest BCUT2D eigenvalue weighted by Crippen LogP contribution is -2.18. The molecule has 1 aromatic heterocycles. The van der Waals surface area contributed by atoms with Crippen molar-refractivity contribution in [1.29, 1.82) is 0 Å². The van der Waals surface area contributed by atoms with Gasteiger partial charge in [0.1, 0.15) is 10.6 Å². The number of rotatable bonds is 8. The van der Waals surface area contributed by atoms with E-state index in [0.717, 1.165) is 10.1 Å². The van der Waals surface area contributed by atoms with Crippen LogP contribution in [0, 0.1) is 0 Å². The first-order chi connectivity index (χ1) is 17.0. The second-order valence-electron chi connectivity index (χ2n) is 7.17. The maximum absolute atomic E-state index is 12.8. The molecule has 0 aliphatic rings. The molecule has 1 heterocycles. The van der Waals surface area contributed by atoms with E-state index in [2.05, 4.69) is 10.5 Å². The van der Waals surface area contributed by atoms with Crippen molar-refractivity contribution in [3.05, 3.63) is 87.8 Å². The van der Waals surface area contributed by atoms with Crippen molar-refractivity contribution in [3.63, 3.8) is 0 Å². The Kier molecular flexibility index (Phi) is 7.64. The Morgan fingerprint density at radius 1 is 1.03 bits per heavy atom. The minimum absolute atomic E-state index is 0.234. The van der Waals surface area contributed by atoms with Crippen LogP contribution in [0.1, 0.15) is 32.5 Å². The highest BCUT2D eigenvalue weighted by molar-refractivity contribution is 7.21. The predicted octanol–water partition coefficient (Wildman–Crippen LogP) is 5.95. The number of carbonyl (C=O) groups excluding carboxylic acids is 2. The average Bonchev–Trinajstić information content (AvgIpc) is 3.22. The molecule has 0 saturated heterocycles. The Hall–Kier alpha value is -3.88. The number of thiophene rings is 1. The summed E-state index contributed by atoms with van der Waals surface area (Å²) < 4.78 is 17.3. The van der Waals surface area contributed by atoms with Crippen molar-refractivity contribution in [2.75, 3.05) is 13.7 Å². The lowest BCUT2D eigenvalue weighted by molar-refractivity contribution is 0.0734. The summed E-state index contributed by atoms with van der Waals surface area (Å²) in [6, 6.07) is 19.3. The van der Waals surface area contributed by atoms with Gasteiger partial charge in [-0.1, -0.05) is 41.9 Å². The van der Waals surface area contributed by atoms with Gasteiger partial charge in [-0.2, -0.15) is 5.10 Å². The van der Waals surface area contributed by atoms with E-state index in [1.165, 1.54) is 24.7 Å². The Bertz CT molecular complexity index is 1420. The van der Waals surface area contributed by atoms with Gasteiger partial charge in [0.15, 0.2) is 11.5 Å². The Morgan fingerprint density at radius 3 is 2.57 bits per heavy atom. The molecule has 3 aromatic carbocycles. The predicted molar refractivity (Wildman–Crippen MR) is 137 cm³/mol. The highest BCUT2D eigenvalue weighted by atomic mass is 35.5. The largest absolute Gasteiger partial charge is 0.493 e. The van der Waals surface area contributed by atoms with Crippen LogP contribution in [-0.4, -0.2) is 31.8 Å². The molecular formula is C26H21ClN2O5S. The molecule has 1 amide bonds. The standard InChI is InChI=1S/C26H21ClN2O5S/c1-3-33-19-10-6-4-8-17(19)25(30)29-28-15-16-12-13-20(21(14-16)32-2)34-26(31)24-23(27)18-9-5-7-11-22(18)35-24/h4-15H,3H2,1-2H3,(H,29,30). The third kappa shape index (κ3) is 5.45. The molecule has 0 unspecified atom stereocenters. The molecule has 0 spiro atoms. The molecule has 9 heteroatoms. The van der Waals surface area contributed by atoms with E-state index in [9.17, 15) is 9.59 Å². The first-order valence-electron chi connectivity index (χ1n) is 10.6. The summed E-state index contributed by atoms with van der Waals surface area (Å²) in [6.45, 7) is 2.29. The van der Waals surface area contributed by atoms with Crippen LogP contribution in [0.4, 0.5) is 0 Å². The second-order valence-corrected chi connectivity index (χ2v) is 8.60. The van der Waals surface area contributed by atoms with E-state index < -0.39 is 11.9 Å². The molecule has 0 bridgehead atoms. The number of halogens is 1. The van der Waals surface area contributed by atoms with Gasteiger partial charge >= 0.3 is 5.97 Å². The van der Waals surface area contributed by atoms with Gasteiger partial charge < -0.3 is 14.2 Å². The highest BCUT2D eigenvalue weighted by Gasteiger charge is 2.20. The molecule has 7 nitrogen and oxygen atoms in total. The summed E-state index contributed by atoms with van der Waals surface area (Å²) in [6.07, 6.45) is 1.46. The van der Waals surface area contributed by atoms with Gasteiger partial charge in [0.05, 0.1) is 30.5 Å². The van der Waals surface area contributed by atoms with Crippen LogP contribution < -0.4 is 19.6 Å². The lowest BCUT2D eigenvalue weighted by Gasteiger charge is -2.10. The first kappa shape index (κ1) is 24.3. The number of para-hydroxylation sites is 1. The maximum atomic E-state index is 12.8. The number of hydrogen-bond donors (Lipinski definition) is 1. The topological polar surface area (TPSA) is 86.2 Å². The molecule has 0 fully saturated rings. The molecule has 0 atom stereocenters. The van der Waals surface area contributed by atoms with E-state index in [0.29, 0.717) is 39.1 Å². The quantitative estimate of drug-likeness (QED) is 0.138. The molecule has 0 aliphatic heterocycles. The fourth-order valence-electron chi connectivity index (χ4n) is 3.30. The number of hydrazone groups is 1. The molecule has 0 aliphatic carbocycles. The number of nitrogens with one attached hydrogen (secondary N) is 1. The third-order valence-corrected chi connectivity index (χ3v) is 6.58. The van der Waals surface area contributed by atoms with E-state index in [1.807, 2.05) is 31.2 Å². The number of esters is 1. The molecule has 4 aromatic rings. The lowest BCUT2D eigenvalue weighted by atomic mass is 10.2. The van der Waals surface area contributed by atoms with Crippen LogP contribution >= 0.6 is 22.9 Å². The monoisotopic (exact) mass is 508 g/mol. The van der Waals surface area contributed by atoms with E-state index in [4.69, 9.17) is 25.8 Å². The van der Waals surface area contributed by atoms with E-state index >= 15 is 0 Å². The zero-order chi connectivity index (χ0) is 24.8. The number of hydrogen-bond acceptors (Lipinski definition) is 7. The fraction of sp³-hybridized carbons (Fsp3) is 0.115. The summed E-state index contributed by atoms with van der Waals surface area (Å²) in [4.78, 5) is 25.6. The number of methoxy groups -OCH3 is 1. The summed E-state index contributed by atoms with van der Waals surface area (Å²) in [5, 5.41) is 5.17. The van der Waals surface area contributed by atoms with Crippen LogP contribution in [0.25, 0.3) is 10.1 Å². The van der Waals surface area contributed by atoms with Crippen molar-refractivity contribution < 1.29 is 23.8 Å². The third-order valence-electron chi connectivity index (χ3n) is 4.92. The molecule has 4 rings (SSSR count). The molecule has 178 valence electrons. The number of ether oxygens (including phenoxy) is 3. The van der Waals surface area contributed by atoms with Gasteiger partial charge in [0.2, 0.25) is 0 Å². The number of nitrogens with zero attached hydrogens (tertiary/aromatic N) is 1. The smallest absolute Gasteiger partial charge is 0.355 e. The number of carbonyl (C=O) groups is 2. The van der Waals surface area contributed by atoms with Crippen molar-refractivity contribution in [2.45, 2.75) is 6.92 Å².